The molecular formula is C24H34O6. The predicted molar refractivity (Wildman–Crippen MR) is 112 cm³/mol. The summed E-state index contributed by atoms with van der Waals surface area (Å²) < 4.78 is 16.4. The number of ether oxygens (including phenoxy) is 3. The summed E-state index contributed by atoms with van der Waals surface area (Å²) >= 11 is 0. The summed E-state index contributed by atoms with van der Waals surface area (Å²) in [5.41, 5.74) is 0. The molecule has 166 valence electrons. The number of methoxy groups -OCH3 is 1. The van der Waals surface area contributed by atoms with Gasteiger partial charge in [0.05, 0.1) is 19.3 Å². The lowest BCUT2D eigenvalue weighted by Gasteiger charge is -2.21. The van der Waals surface area contributed by atoms with Crippen molar-refractivity contribution in [1.29, 1.82) is 0 Å². The Hall–Kier alpha value is -2.13. The zero-order valence-electron chi connectivity index (χ0n) is 18.5. The highest BCUT2D eigenvalue weighted by Gasteiger charge is 2.49. The first kappa shape index (κ1) is 24.1. The molecule has 1 aliphatic carbocycles. The third kappa shape index (κ3) is 6.98. The number of ketones is 1. The highest BCUT2D eigenvalue weighted by molar-refractivity contribution is 5.91. The van der Waals surface area contributed by atoms with Crippen molar-refractivity contribution < 1.29 is 28.6 Å². The largest absolute Gasteiger partial charge is 0.469 e. The third-order valence-electron chi connectivity index (χ3n) is 6.02. The summed E-state index contributed by atoms with van der Waals surface area (Å²) in [6.07, 6.45) is 8.56. The number of unbranched alkanes of at least 4 members (excludes halogenated alkanes) is 1. The molecule has 2 rings (SSSR count). The van der Waals surface area contributed by atoms with Gasteiger partial charge in [0.2, 0.25) is 0 Å². The SMILES string of the molecule is CC#CCC(C)C(=O)C=C[C@@H]1[C@H]2C[C@@H](CCCCC(=O)OC)O[C@H]2C[C@H]1OC(C)=O. The van der Waals surface area contributed by atoms with Crippen LogP contribution in [0.1, 0.15) is 65.7 Å². The quantitative estimate of drug-likeness (QED) is 0.233. The lowest BCUT2D eigenvalue weighted by atomic mass is 9.88. The summed E-state index contributed by atoms with van der Waals surface area (Å²) in [6, 6.07) is 0. The molecule has 0 aromatic carbocycles. The van der Waals surface area contributed by atoms with Gasteiger partial charge in [0.25, 0.3) is 0 Å². The second kappa shape index (κ2) is 11.9. The molecule has 2 fully saturated rings. The lowest BCUT2D eigenvalue weighted by Crippen LogP contribution is -2.24. The minimum atomic E-state index is -0.310. The molecule has 1 heterocycles. The average molecular weight is 419 g/mol. The van der Waals surface area contributed by atoms with Gasteiger partial charge in [-0.15, -0.1) is 11.8 Å². The lowest BCUT2D eigenvalue weighted by molar-refractivity contribution is -0.148. The minimum Gasteiger partial charge on any atom is -0.469 e. The van der Waals surface area contributed by atoms with Gasteiger partial charge in [-0.1, -0.05) is 19.4 Å². The molecule has 6 heteroatoms. The number of hydrogen-bond acceptors (Lipinski definition) is 6. The Kier molecular flexibility index (Phi) is 9.58. The van der Waals surface area contributed by atoms with Gasteiger partial charge >= 0.3 is 11.9 Å². The Balaban J connectivity index is 1.95. The number of fused-ring (bicyclic) bond motifs is 1. The van der Waals surface area contributed by atoms with E-state index in [0.717, 1.165) is 25.7 Å². The van der Waals surface area contributed by atoms with Crippen LogP contribution in [0.2, 0.25) is 0 Å². The molecule has 0 N–H and O–H groups in total. The Morgan fingerprint density at radius 3 is 2.67 bits per heavy atom. The molecule has 1 unspecified atom stereocenters. The van der Waals surface area contributed by atoms with Crippen LogP contribution in [0.3, 0.4) is 0 Å². The van der Waals surface area contributed by atoms with Crippen LogP contribution in [0.4, 0.5) is 0 Å². The van der Waals surface area contributed by atoms with Gasteiger partial charge in [-0.05, 0) is 38.2 Å². The van der Waals surface area contributed by atoms with E-state index in [2.05, 4.69) is 16.6 Å². The molecule has 0 aromatic heterocycles. The third-order valence-corrected chi connectivity index (χ3v) is 6.02. The highest BCUT2D eigenvalue weighted by Crippen LogP contribution is 2.46. The zero-order valence-corrected chi connectivity index (χ0v) is 18.5. The summed E-state index contributed by atoms with van der Waals surface area (Å²) in [5, 5.41) is 0. The van der Waals surface area contributed by atoms with Crippen molar-refractivity contribution in [3.05, 3.63) is 12.2 Å². The average Bonchev–Trinajstić information content (AvgIpc) is 3.23. The van der Waals surface area contributed by atoms with Crippen molar-refractivity contribution in [1.82, 2.24) is 0 Å². The molecule has 0 bridgehead atoms. The van der Waals surface area contributed by atoms with Gasteiger partial charge in [-0.2, -0.15) is 0 Å². The monoisotopic (exact) mass is 418 g/mol. The topological polar surface area (TPSA) is 78.9 Å². The van der Waals surface area contributed by atoms with Gasteiger partial charge in [-0.25, -0.2) is 0 Å². The second-order valence-corrected chi connectivity index (χ2v) is 8.27. The summed E-state index contributed by atoms with van der Waals surface area (Å²) in [7, 11) is 1.40. The first-order chi connectivity index (χ1) is 14.3. The van der Waals surface area contributed by atoms with Gasteiger partial charge in [0.1, 0.15) is 6.10 Å². The number of esters is 2. The second-order valence-electron chi connectivity index (χ2n) is 8.27. The molecule has 0 amide bonds. The van der Waals surface area contributed by atoms with Crippen molar-refractivity contribution in [2.24, 2.45) is 17.8 Å². The van der Waals surface area contributed by atoms with Gasteiger partial charge < -0.3 is 14.2 Å². The van der Waals surface area contributed by atoms with Crippen LogP contribution in [-0.2, 0) is 28.6 Å². The molecular weight excluding hydrogens is 384 g/mol. The Labute approximate surface area is 179 Å². The van der Waals surface area contributed by atoms with E-state index < -0.39 is 0 Å². The first-order valence-electron chi connectivity index (χ1n) is 10.9. The van der Waals surface area contributed by atoms with E-state index in [1.54, 1.807) is 13.0 Å². The number of rotatable bonds is 10. The first-order valence-corrected chi connectivity index (χ1v) is 10.9. The molecule has 0 radical (unpaired) electrons. The van der Waals surface area contributed by atoms with Crippen LogP contribution in [0.25, 0.3) is 0 Å². The van der Waals surface area contributed by atoms with Crippen molar-refractivity contribution in [3.8, 4) is 11.8 Å². The Morgan fingerprint density at radius 1 is 1.23 bits per heavy atom. The van der Waals surface area contributed by atoms with E-state index in [4.69, 9.17) is 9.47 Å². The molecule has 30 heavy (non-hydrogen) atoms. The standard InChI is InChI=1S/C24H34O6/c1-5-6-9-16(2)21(26)13-12-19-20-14-18(10-7-8-11-24(27)28-4)30-23(20)15-22(19)29-17(3)25/h12-13,16,18-20,22-23H,7-11,14-15H2,1-4H3/t16?,18-,19-,20-,22-,23+/m1/s1. The fourth-order valence-electron chi connectivity index (χ4n) is 4.42. The fraction of sp³-hybridized carbons (Fsp3) is 0.708. The van der Waals surface area contributed by atoms with Crippen molar-refractivity contribution >= 4 is 17.7 Å². The zero-order chi connectivity index (χ0) is 22.1. The Morgan fingerprint density at radius 2 is 2.00 bits per heavy atom. The van der Waals surface area contributed by atoms with Gasteiger partial charge in [0.15, 0.2) is 5.78 Å². The van der Waals surface area contributed by atoms with Crippen molar-refractivity contribution in [2.45, 2.75) is 84.0 Å². The molecule has 1 saturated heterocycles. The van der Waals surface area contributed by atoms with E-state index >= 15 is 0 Å². The summed E-state index contributed by atoms with van der Waals surface area (Å²) in [5.74, 6) is 5.37. The molecule has 6 atom stereocenters. The maximum Gasteiger partial charge on any atom is 0.305 e. The number of hydrogen-bond donors (Lipinski definition) is 0. The molecule has 6 nitrogen and oxygen atoms in total. The number of carbonyl (C=O) groups is 3. The van der Waals surface area contributed by atoms with Crippen LogP contribution < -0.4 is 0 Å². The molecule has 2 aliphatic rings. The normalized spacial score (nSPS) is 28.5. The van der Waals surface area contributed by atoms with E-state index in [0.29, 0.717) is 19.3 Å². The van der Waals surface area contributed by atoms with E-state index in [1.165, 1.54) is 14.0 Å². The van der Waals surface area contributed by atoms with Crippen molar-refractivity contribution in [2.75, 3.05) is 7.11 Å². The summed E-state index contributed by atoms with van der Waals surface area (Å²) in [6.45, 7) is 5.05. The minimum absolute atomic E-state index is 0.0209. The molecule has 1 saturated carbocycles. The molecule has 0 spiro atoms. The maximum absolute atomic E-state index is 12.4. The molecule has 1 aliphatic heterocycles. The van der Waals surface area contributed by atoms with Crippen LogP contribution in [-0.4, -0.2) is 43.1 Å². The molecule has 0 aromatic rings. The highest BCUT2D eigenvalue weighted by atomic mass is 16.6. The smallest absolute Gasteiger partial charge is 0.305 e. The fourth-order valence-corrected chi connectivity index (χ4v) is 4.42. The number of allylic oxidation sites excluding steroid dienone is 1. The van der Waals surface area contributed by atoms with Crippen LogP contribution in [0, 0.1) is 29.6 Å². The van der Waals surface area contributed by atoms with Gasteiger partial charge in [-0.3, -0.25) is 14.4 Å². The van der Waals surface area contributed by atoms with Crippen LogP contribution >= 0.6 is 0 Å². The van der Waals surface area contributed by atoms with Crippen LogP contribution in [0.15, 0.2) is 12.2 Å². The predicted octanol–water partition coefficient (Wildman–Crippen LogP) is 3.62. The van der Waals surface area contributed by atoms with Gasteiger partial charge in [0, 0.05) is 38.0 Å². The Bertz CT molecular complexity index is 700. The maximum atomic E-state index is 12.4. The van der Waals surface area contributed by atoms with E-state index in [9.17, 15) is 14.4 Å². The summed E-state index contributed by atoms with van der Waals surface area (Å²) in [4.78, 5) is 35.2. The van der Waals surface area contributed by atoms with E-state index in [1.807, 2.05) is 13.0 Å². The van der Waals surface area contributed by atoms with Crippen LogP contribution in [0.5, 0.6) is 0 Å². The van der Waals surface area contributed by atoms with Crippen molar-refractivity contribution in [3.63, 3.8) is 0 Å². The number of carbonyl (C=O) groups excluding carboxylic acids is 3. The van der Waals surface area contributed by atoms with E-state index in [-0.39, 0.29) is 53.8 Å².